The summed E-state index contributed by atoms with van der Waals surface area (Å²) in [6, 6.07) is 39.1. The van der Waals surface area contributed by atoms with E-state index in [-0.39, 0.29) is 39.7 Å². The number of hydrogen-bond donors (Lipinski definition) is 0. The summed E-state index contributed by atoms with van der Waals surface area (Å²) in [6.45, 7) is 4.43. The average Bonchev–Trinajstić information content (AvgIpc) is 3.61. The third-order valence-electron chi connectivity index (χ3n) is 10.3. The average molecular weight is 633 g/mol. The number of benzene rings is 6. The highest BCUT2D eigenvalue weighted by molar-refractivity contribution is 6.42. The SMILES string of the molecule is CC1(C)c2cc(C=C3C(=O)c4ccccc4C3=O)ccc2-c2ccc(-c3ccc4cc(C=C5C(=O)c6ccccc6C5=O)ccc4c3)cc21. The maximum atomic E-state index is 13.0. The Kier molecular flexibility index (Phi) is 6.12. The molecule has 3 aliphatic rings. The maximum absolute atomic E-state index is 13.0. The Morgan fingerprint density at radius 2 is 0.816 bits per heavy atom. The van der Waals surface area contributed by atoms with Gasteiger partial charge in [0.1, 0.15) is 0 Å². The minimum atomic E-state index is -0.296. The van der Waals surface area contributed by atoms with Crippen LogP contribution in [-0.2, 0) is 5.41 Å². The Balaban J connectivity index is 1.02. The van der Waals surface area contributed by atoms with Gasteiger partial charge >= 0.3 is 0 Å². The Morgan fingerprint density at radius 1 is 0.408 bits per heavy atom. The molecule has 0 saturated heterocycles. The first-order valence-electron chi connectivity index (χ1n) is 16.3. The molecule has 0 heterocycles. The molecule has 0 fully saturated rings. The Morgan fingerprint density at radius 3 is 1.39 bits per heavy atom. The largest absolute Gasteiger partial charge is 0.288 e. The summed E-state index contributed by atoms with van der Waals surface area (Å²) in [5.74, 6) is -0.893. The predicted octanol–water partition coefficient (Wildman–Crippen LogP) is 9.74. The van der Waals surface area contributed by atoms with Gasteiger partial charge in [-0.15, -0.1) is 0 Å². The number of carbonyl (C=O) groups is 4. The van der Waals surface area contributed by atoms with Gasteiger partial charge in [-0.1, -0.05) is 117 Å². The highest BCUT2D eigenvalue weighted by atomic mass is 16.2. The monoisotopic (exact) mass is 632 g/mol. The second-order valence-electron chi connectivity index (χ2n) is 13.5. The van der Waals surface area contributed by atoms with Crippen molar-refractivity contribution in [2.45, 2.75) is 19.3 Å². The summed E-state index contributed by atoms with van der Waals surface area (Å²) in [5.41, 5.74) is 10.5. The first-order valence-corrected chi connectivity index (χ1v) is 16.3. The van der Waals surface area contributed by atoms with E-state index in [1.54, 1.807) is 60.7 Å². The summed E-state index contributed by atoms with van der Waals surface area (Å²) >= 11 is 0. The predicted molar refractivity (Wildman–Crippen MR) is 193 cm³/mol. The van der Waals surface area contributed by atoms with Crippen LogP contribution in [0.3, 0.4) is 0 Å². The van der Waals surface area contributed by atoms with Crippen molar-refractivity contribution in [3.05, 3.63) is 177 Å². The summed E-state index contributed by atoms with van der Waals surface area (Å²) in [5, 5.41) is 2.08. The van der Waals surface area contributed by atoms with Crippen molar-refractivity contribution in [1.82, 2.24) is 0 Å². The number of hydrogen-bond acceptors (Lipinski definition) is 4. The molecule has 4 heteroatoms. The molecular formula is C45H28O4. The molecule has 3 aliphatic carbocycles. The molecule has 0 N–H and O–H groups in total. The van der Waals surface area contributed by atoms with E-state index in [9.17, 15) is 19.2 Å². The number of rotatable bonds is 3. The molecule has 0 unspecified atom stereocenters. The third-order valence-corrected chi connectivity index (χ3v) is 10.3. The summed E-state index contributed by atoms with van der Waals surface area (Å²) in [7, 11) is 0. The van der Waals surface area contributed by atoms with Gasteiger partial charge in [0.25, 0.3) is 0 Å². The molecule has 6 aromatic rings. The van der Waals surface area contributed by atoms with Crippen molar-refractivity contribution in [3.63, 3.8) is 0 Å². The van der Waals surface area contributed by atoms with Crippen molar-refractivity contribution in [2.75, 3.05) is 0 Å². The number of carbonyl (C=O) groups excluding carboxylic acids is 4. The zero-order valence-corrected chi connectivity index (χ0v) is 26.8. The molecule has 0 bridgehead atoms. The van der Waals surface area contributed by atoms with Crippen LogP contribution < -0.4 is 0 Å². The van der Waals surface area contributed by atoms with Crippen LogP contribution in [0, 0.1) is 0 Å². The highest BCUT2D eigenvalue weighted by Gasteiger charge is 2.37. The number of allylic oxidation sites excluding steroid dienone is 2. The molecular weight excluding hydrogens is 604 g/mol. The van der Waals surface area contributed by atoms with Gasteiger partial charge in [0, 0.05) is 27.7 Å². The van der Waals surface area contributed by atoms with Gasteiger partial charge in [-0.2, -0.15) is 0 Å². The minimum Gasteiger partial charge on any atom is -0.288 e. The zero-order valence-electron chi connectivity index (χ0n) is 26.8. The Labute approximate surface area is 283 Å². The topological polar surface area (TPSA) is 68.3 Å². The first-order chi connectivity index (χ1) is 23.7. The molecule has 0 radical (unpaired) electrons. The van der Waals surface area contributed by atoms with E-state index in [0.717, 1.165) is 44.2 Å². The van der Waals surface area contributed by atoms with Crippen LogP contribution in [-0.4, -0.2) is 23.1 Å². The van der Waals surface area contributed by atoms with E-state index >= 15 is 0 Å². The van der Waals surface area contributed by atoms with Crippen LogP contribution in [0.4, 0.5) is 0 Å². The van der Waals surface area contributed by atoms with Crippen molar-refractivity contribution in [1.29, 1.82) is 0 Å². The quantitative estimate of drug-likeness (QED) is 0.144. The molecule has 0 atom stereocenters. The lowest BCUT2D eigenvalue weighted by atomic mass is 9.81. The van der Waals surface area contributed by atoms with Crippen molar-refractivity contribution < 1.29 is 19.2 Å². The lowest BCUT2D eigenvalue weighted by molar-refractivity contribution is 0.0975. The van der Waals surface area contributed by atoms with Crippen LogP contribution in [0.1, 0.15) is 77.5 Å². The number of fused-ring (bicyclic) bond motifs is 6. The van der Waals surface area contributed by atoms with E-state index in [4.69, 9.17) is 0 Å². The fraction of sp³-hybridized carbons (Fsp3) is 0.0667. The van der Waals surface area contributed by atoms with Crippen molar-refractivity contribution in [2.24, 2.45) is 0 Å². The van der Waals surface area contributed by atoms with Crippen LogP contribution in [0.2, 0.25) is 0 Å². The van der Waals surface area contributed by atoms with Gasteiger partial charge in [0.05, 0.1) is 11.1 Å². The van der Waals surface area contributed by atoms with E-state index in [2.05, 4.69) is 62.4 Å². The third kappa shape index (κ3) is 4.31. The van der Waals surface area contributed by atoms with Gasteiger partial charge in [-0.05, 0) is 85.6 Å². The van der Waals surface area contributed by atoms with Crippen molar-refractivity contribution >= 4 is 46.1 Å². The molecule has 9 rings (SSSR count). The first kappa shape index (κ1) is 28.9. The summed E-state index contributed by atoms with van der Waals surface area (Å²) in [4.78, 5) is 51.9. The molecule has 6 aromatic carbocycles. The minimum absolute atomic E-state index is 0.203. The molecule has 0 aliphatic heterocycles. The lowest BCUT2D eigenvalue weighted by Crippen LogP contribution is -2.15. The fourth-order valence-electron chi connectivity index (χ4n) is 7.70. The van der Waals surface area contributed by atoms with E-state index in [1.165, 1.54) is 11.1 Å². The Hall–Kier alpha value is -6.26. The van der Waals surface area contributed by atoms with Gasteiger partial charge in [0.15, 0.2) is 23.1 Å². The van der Waals surface area contributed by atoms with Crippen LogP contribution in [0.15, 0.2) is 132 Å². The van der Waals surface area contributed by atoms with Gasteiger partial charge in [0.2, 0.25) is 0 Å². The van der Waals surface area contributed by atoms with Crippen LogP contribution >= 0.6 is 0 Å². The van der Waals surface area contributed by atoms with Crippen molar-refractivity contribution in [3.8, 4) is 22.3 Å². The molecule has 232 valence electrons. The van der Waals surface area contributed by atoms with E-state index in [0.29, 0.717) is 22.3 Å². The number of ketones is 4. The number of Topliss-reactive ketones (excluding diaryl/α,β-unsaturated/α-hetero) is 4. The smallest absolute Gasteiger partial charge is 0.197 e. The zero-order chi connectivity index (χ0) is 33.6. The second-order valence-corrected chi connectivity index (χ2v) is 13.5. The molecule has 0 amide bonds. The van der Waals surface area contributed by atoms with Gasteiger partial charge < -0.3 is 0 Å². The maximum Gasteiger partial charge on any atom is 0.197 e. The summed E-state index contributed by atoms with van der Waals surface area (Å²) in [6.07, 6.45) is 3.43. The molecule has 4 nitrogen and oxygen atoms in total. The van der Waals surface area contributed by atoms with Crippen LogP contribution in [0.5, 0.6) is 0 Å². The molecule has 0 aromatic heterocycles. The van der Waals surface area contributed by atoms with Crippen LogP contribution in [0.25, 0.3) is 45.2 Å². The standard InChI is InChI=1S/C45H28O4/c1-45(2)39-22-26(21-38-43(48)35-9-5-6-10-36(35)44(38)49)12-17-31(39)32-18-16-30(24-40(32)45)29-15-14-27-19-25(11-13-28(27)23-29)20-37-41(46)33-7-3-4-8-34(33)42(37)47/h3-24H,1-2H3. The second kappa shape index (κ2) is 10.4. The summed E-state index contributed by atoms with van der Waals surface area (Å²) < 4.78 is 0. The Bertz CT molecular complexity index is 2520. The normalized spacial score (nSPS) is 15.4. The highest BCUT2D eigenvalue weighted by Crippen LogP contribution is 2.50. The fourth-order valence-corrected chi connectivity index (χ4v) is 7.70. The van der Waals surface area contributed by atoms with E-state index < -0.39 is 0 Å². The molecule has 0 saturated carbocycles. The molecule has 0 spiro atoms. The van der Waals surface area contributed by atoms with Gasteiger partial charge in [-0.25, -0.2) is 0 Å². The van der Waals surface area contributed by atoms with E-state index in [1.807, 2.05) is 24.3 Å². The molecule has 49 heavy (non-hydrogen) atoms. The van der Waals surface area contributed by atoms with Gasteiger partial charge in [-0.3, -0.25) is 19.2 Å². The lowest BCUT2D eigenvalue weighted by Gasteiger charge is -2.22.